The molecule has 1 saturated heterocycles. The van der Waals surface area contributed by atoms with Crippen LogP contribution in [0.3, 0.4) is 0 Å². The van der Waals surface area contributed by atoms with Gasteiger partial charge in [0, 0.05) is 11.4 Å². The second-order valence-electron chi connectivity index (χ2n) is 8.19. The number of aryl methyl sites for hydroxylation is 1. The molecular formula is C27H23BrN4O5. The molecule has 1 aliphatic rings. The van der Waals surface area contributed by atoms with Crippen LogP contribution in [0.25, 0.3) is 6.08 Å². The fourth-order valence-electron chi connectivity index (χ4n) is 3.53. The van der Waals surface area contributed by atoms with Gasteiger partial charge in [-0.25, -0.2) is 9.69 Å². The third-order valence-corrected chi connectivity index (χ3v) is 5.87. The van der Waals surface area contributed by atoms with Crippen molar-refractivity contribution in [1.29, 1.82) is 0 Å². The van der Waals surface area contributed by atoms with Gasteiger partial charge in [0.1, 0.15) is 18.0 Å². The maximum Gasteiger partial charge on any atom is 0.329 e. The summed E-state index contributed by atoms with van der Waals surface area (Å²) >= 11 is 3.40. The second kappa shape index (κ2) is 11.5. The summed E-state index contributed by atoms with van der Waals surface area (Å²) in [7, 11) is 0. The summed E-state index contributed by atoms with van der Waals surface area (Å²) in [5, 5.41) is 7.91. The molecule has 9 nitrogen and oxygen atoms in total. The average Bonchev–Trinajstić information content (AvgIpc) is 3.11. The molecule has 1 fully saturated rings. The van der Waals surface area contributed by atoms with E-state index < -0.39 is 24.4 Å². The number of nitrogens with one attached hydrogen (secondary N) is 3. The summed E-state index contributed by atoms with van der Waals surface area (Å²) in [6.07, 6.45) is 1.50. The predicted octanol–water partition coefficient (Wildman–Crippen LogP) is 4.31. The van der Waals surface area contributed by atoms with Gasteiger partial charge in [0.15, 0.2) is 6.61 Å². The number of halogens is 1. The van der Waals surface area contributed by atoms with Crippen molar-refractivity contribution in [1.82, 2.24) is 10.2 Å². The van der Waals surface area contributed by atoms with Crippen molar-refractivity contribution in [2.75, 3.05) is 23.8 Å². The average molecular weight is 563 g/mol. The number of imide groups is 1. The first kappa shape index (κ1) is 25.6. The lowest BCUT2D eigenvalue weighted by Gasteiger charge is -2.12. The lowest BCUT2D eigenvalue weighted by Crippen LogP contribution is -2.38. The Kier molecular flexibility index (Phi) is 7.99. The Morgan fingerprint density at radius 2 is 1.68 bits per heavy atom. The molecule has 37 heavy (non-hydrogen) atoms. The van der Waals surface area contributed by atoms with Crippen LogP contribution in [0, 0.1) is 6.92 Å². The largest absolute Gasteiger partial charge is 0.483 e. The number of carbonyl (C=O) groups is 4. The van der Waals surface area contributed by atoms with E-state index >= 15 is 0 Å². The molecular weight excluding hydrogens is 540 g/mol. The van der Waals surface area contributed by atoms with Gasteiger partial charge < -0.3 is 20.7 Å². The number of nitrogens with zero attached hydrogens (tertiary/aromatic N) is 1. The molecule has 0 atom stereocenters. The van der Waals surface area contributed by atoms with Crippen molar-refractivity contribution < 1.29 is 23.9 Å². The van der Waals surface area contributed by atoms with Crippen LogP contribution in [0.5, 0.6) is 5.75 Å². The van der Waals surface area contributed by atoms with Crippen molar-refractivity contribution >= 4 is 57.1 Å². The zero-order valence-corrected chi connectivity index (χ0v) is 21.4. The van der Waals surface area contributed by atoms with Gasteiger partial charge >= 0.3 is 6.03 Å². The van der Waals surface area contributed by atoms with Gasteiger partial charge in [-0.1, -0.05) is 36.4 Å². The van der Waals surface area contributed by atoms with E-state index in [4.69, 9.17) is 4.74 Å². The Morgan fingerprint density at radius 3 is 2.41 bits per heavy atom. The van der Waals surface area contributed by atoms with Crippen molar-refractivity contribution in [3.63, 3.8) is 0 Å². The highest BCUT2D eigenvalue weighted by atomic mass is 79.9. The summed E-state index contributed by atoms with van der Waals surface area (Å²) in [4.78, 5) is 50.4. The molecule has 3 aromatic rings. The SMILES string of the molecule is Cc1cccc(NC(=O)CN2C(=O)N/C(=C/c3ccc(OCC(=O)Nc4ccccc4)c(Br)c3)C2=O)c1. The number of anilines is 2. The summed E-state index contributed by atoms with van der Waals surface area (Å²) in [5.74, 6) is -0.981. The Balaban J connectivity index is 1.35. The quantitative estimate of drug-likeness (QED) is 0.279. The lowest BCUT2D eigenvalue weighted by molar-refractivity contribution is -0.127. The van der Waals surface area contributed by atoms with E-state index in [0.717, 1.165) is 10.5 Å². The molecule has 0 saturated carbocycles. The second-order valence-corrected chi connectivity index (χ2v) is 9.04. The van der Waals surface area contributed by atoms with Gasteiger partial charge in [0.05, 0.1) is 4.47 Å². The first-order chi connectivity index (χ1) is 17.8. The van der Waals surface area contributed by atoms with Crippen LogP contribution in [0.15, 0.2) is 83.0 Å². The Hall–Kier alpha value is -4.44. The molecule has 0 bridgehead atoms. The molecule has 0 aliphatic carbocycles. The molecule has 0 spiro atoms. The van der Waals surface area contributed by atoms with Gasteiger partial charge in [-0.15, -0.1) is 0 Å². The van der Waals surface area contributed by atoms with Crippen molar-refractivity contribution in [2.45, 2.75) is 6.92 Å². The van der Waals surface area contributed by atoms with Crippen LogP contribution in [-0.2, 0) is 14.4 Å². The molecule has 10 heteroatoms. The van der Waals surface area contributed by atoms with Crippen LogP contribution < -0.4 is 20.7 Å². The minimum atomic E-state index is -0.681. The Bertz CT molecular complexity index is 1390. The fourth-order valence-corrected chi connectivity index (χ4v) is 4.05. The lowest BCUT2D eigenvalue weighted by atomic mass is 10.2. The normalized spacial score (nSPS) is 13.9. The number of amides is 5. The number of carbonyl (C=O) groups excluding carboxylic acids is 4. The molecule has 5 amide bonds. The fraction of sp³-hybridized carbons (Fsp3) is 0.111. The summed E-state index contributed by atoms with van der Waals surface area (Å²) in [5.41, 5.74) is 2.86. The summed E-state index contributed by atoms with van der Waals surface area (Å²) < 4.78 is 6.14. The zero-order valence-electron chi connectivity index (χ0n) is 19.8. The number of hydrogen-bond acceptors (Lipinski definition) is 5. The number of ether oxygens (including phenoxy) is 1. The van der Waals surface area contributed by atoms with Gasteiger partial charge in [-0.05, 0) is 76.5 Å². The Morgan fingerprint density at radius 1 is 0.946 bits per heavy atom. The van der Waals surface area contributed by atoms with Gasteiger partial charge in [0.25, 0.3) is 11.8 Å². The van der Waals surface area contributed by atoms with E-state index in [0.29, 0.717) is 27.2 Å². The molecule has 3 aromatic carbocycles. The summed E-state index contributed by atoms with van der Waals surface area (Å²) in [6, 6.07) is 20.6. The number of hydrogen-bond donors (Lipinski definition) is 3. The molecule has 1 heterocycles. The number of urea groups is 1. The standard InChI is InChI=1S/C27H23BrN4O5/c1-17-6-5-9-20(12-17)30-24(33)15-32-26(35)22(31-27(32)36)14-18-10-11-23(21(28)13-18)37-16-25(34)29-19-7-3-2-4-8-19/h2-14H,15-16H2,1H3,(H,29,34)(H,30,33)(H,31,36)/b22-14+. The highest BCUT2D eigenvalue weighted by molar-refractivity contribution is 9.10. The third-order valence-electron chi connectivity index (χ3n) is 5.25. The number of para-hydroxylation sites is 1. The van der Waals surface area contributed by atoms with Crippen molar-refractivity contribution in [2.24, 2.45) is 0 Å². The first-order valence-corrected chi connectivity index (χ1v) is 12.1. The van der Waals surface area contributed by atoms with Crippen LogP contribution >= 0.6 is 15.9 Å². The van der Waals surface area contributed by atoms with Gasteiger partial charge in [-0.3, -0.25) is 14.4 Å². The highest BCUT2D eigenvalue weighted by Gasteiger charge is 2.35. The van der Waals surface area contributed by atoms with E-state index in [1.165, 1.54) is 6.08 Å². The van der Waals surface area contributed by atoms with E-state index in [1.807, 2.05) is 31.2 Å². The third kappa shape index (κ3) is 6.83. The summed E-state index contributed by atoms with van der Waals surface area (Å²) in [6.45, 7) is 1.28. The number of rotatable bonds is 8. The van der Waals surface area contributed by atoms with Crippen molar-refractivity contribution in [3.8, 4) is 5.75 Å². The zero-order chi connectivity index (χ0) is 26.4. The van der Waals surface area contributed by atoms with Crippen LogP contribution in [0.4, 0.5) is 16.2 Å². The number of benzene rings is 3. The maximum atomic E-state index is 12.8. The predicted molar refractivity (Wildman–Crippen MR) is 143 cm³/mol. The first-order valence-electron chi connectivity index (χ1n) is 11.3. The topological polar surface area (TPSA) is 117 Å². The minimum absolute atomic E-state index is 0.0381. The van der Waals surface area contributed by atoms with Crippen LogP contribution in [0.1, 0.15) is 11.1 Å². The highest BCUT2D eigenvalue weighted by Crippen LogP contribution is 2.27. The van der Waals surface area contributed by atoms with Crippen LogP contribution in [-0.4, -0.2) is 41.8 Å². The maximum absolute atomic E-state index is 12.8. The van der Waals surface area contributed by atoms with Crippen LogP contribution in [0.2, 0.25) is 0 Å². The molecule has 0 aromatic heterocycles. The van der Waals surface area contributed by atoms with E-state index in [9.17, 15) is 19.2 Å². The molecule has 1 aliphatic heterocycles. The van der Waals surface area contributed by atoms with E-state index in [2.05, 4.69) is 31.9 Å². The molecule has 0 unspecified atom stereocenters. The molecule has 0 radical (unpaired) electrons. The van der Waals surface area contributed by atoms with E-state index in [1.54, 1.807) is 48.5 Å². The molecule has 3 N–H and O–H groups in total. The van der Waals surface area contributed by atoms with E-state index in [-0.39, 0.29) is 18.2 Å². The molecule has 188 valence electrons. The van der Waals surface area contributed by atoms with Crippen molar-refractivity contribution in [3.05, 3.63) is 94.1 Å². The molecule has 4 rings (SSSR count). The smallest absolute Gasteiger partial charge is 0.329 e. The van der Waals surface area contributed by atoms with Gasteiger partial charge in [-0.2, -0.15) is 0 Å². The Labute approximate surface area is 221 Å². The monoisotopic (exact) mass is 562 g/mol. The van der Waals surface area contributed by atoms with Gasteiger partial charge in [0.2, 0.25) is 5.91 Å². The minimum Gasteiger partial charge on any atom is -0.483 e.